The van der Waals surface area contributed by atoms with Gasteiger partial charge in [-0.15, -0.1) is 0 Å². The fraction of sp³-hybridized carbons (Fsp3) is 0. The highest BCUT2D eigenvalue weighted by Crippen LogP contribution is 2.23. The van der Waals surface area contributed by atoms with Crippen LogP contribution in [0.3, 0.4) is 0 Å². The van der Waals surface area contributed by atoms with Crippen molar-refractivity contribution in [2.75, 3.05) is 0 Å². The van der Waals surface area contributed by atoms with Crippen LogP contribution >= 0.6 is 27.5 Å². The second-order valence-electron chi connectivity index (χ2n) is 2.84. The molecule has 0 aliphatic heterocycles. The maximum Gasteiger partial charge on any atom is 0.196 e. The molecule has 76 valence electrons. The maximum absolute atomic E-state index is 13.2. The quantitative estimate of drug-likeness (QED) is 0.793. The first-order valence-electron chi connectivity index (χ1n) is 4.08. The maximum atomic E-state index is 13.2. The number of hydrogen-bond acceptors (Lipinski definition) is 3. The van der Waals surface area contributed by atoms with E-state index in [1.807, 2.05) is 0 Å². The lowest BCUT2D eigenvalue weighted by Gasteiger charge is -2.01. The first-order chi connectivity index (χ1) is 7.20. The van der Waals surface area contributed by atoms with Crippen LogP contribution in [-0.4, -0.2) is 10.2 Å². The van der Waals surface area contributed by atoms with E-state index >= 15 is 0 Å². The lowest BCUT2D eigenvalue weighted by Crippen LogP contribution is -2.01. The Bertz CT molecular complexity index is 498. The average Bonchev–Trinajstić information content (AvgIpc) is 2.74. The minimum atomic E-state index is -0.441. The second-order valence-corrected chi connectivity index (χ2v) is 4.29. The summed E-state index contributed by atoms with van der Waals surface area (Å²) in [7, 11) is 0. The third-order valence-electron chi connectivity index (χ3n) is 1.89. The van der Waals surface area contributed by atoms with E-state index in [-0.39, 0.29) is 10.3 Å². The van der Waals surface area contributed by atoms with Crippen molar-refractivity contribution in [3.05, 3.63) is 51.2 Å². The molecule has 5 heteroatoms. The molecule has 0 radical (unpaired) electrons. The van der Waals surface area contributed by atoms with Gasteiger partial charge >= 0.3 is 0 Å². The van der Waals surface area contributed by atoms with Crippen molar-refractivity contribution in [1.82, 2.24) is 4.37 Å². The van der Waals surface area contributed by atoms with E-state index in [1.165, 1.54) is 29.9 Å². The molecule has 0 amide bonds. The van der Waals surface area contributed by atoms with Crippen LogP contribution in [-0.2, 0) is 0 Å². The van der Waals surface area contributed by atoms with E-state index in [0.29, 0.717) is 11.1 Å². The van der Waals surface area contributed by atoms with Crippen LogP contribution in [0.4, 0.5) is 4.39 Å². The first-order valence-corrected chi connectivity index (χ1v) is 5.71. The summed E-state index contributed by atoms with van der Waals surface area (Å²) in [6, 6.07) is 4.38. The van der Waals surface area contributed by atoms with Crippen LogP contribution in [0.25, 0.3) is 0 Å². The number of ketones is 1. The molecule has 0 atom stereocenters. The molecule has 2 rings (SSSR count). The predicted molar refractivity (Wildman–Crippen MR) is 59.6 cm³/mol. The van der Waals surface area contributed by atoms with Gasteiger partial charge in [0.2, 0.25) is 0 Å². The van der Waals surface area contributed by atoms with Crippen molar-refractivity contribution in [1.29, 1.82) is 0 Å². The molecule has 0 fully saturated rings. The summed E-state index contributed by atoms with van der Waals surface area (Å²) in [5.41, 5.74) is 0.793. The van der Waals surface area contributed by atoms with Crippen molar-refractivity contribution >= 4 is 33.2 Å². The van der Waals surface area contributed by atoms with Crippen molar-refractivity contribution in [3.8, 4) is 0 Å². The second kappa shape index (κ2) is 4.20. The molecule has 0 saturated carbocycles. The fourth-order valence-corrected chi connectivity index (χ4v) is 2.11. The first kappa shape index (κ1) is 10.4. The lowest BCUT2D eigenvalue weighted by molar-refractivity contribution is 0.103. The highest BCUT2D eigenvalue weighted by molar-refractivity contribution is 9.10. The predicted octanol–water partition coefficient (Wildman–Crippen LogP) is 3.28. The van der Waals surface area contributed by atoms with Crippen LogP contribution in [0.15, 0.2) is 34.2 Å². The van der Waals surface area contributed by atoms with Gasteiger partial charge in [-0.05, 0) is 39.6 Å². The number of rotatable bonds is 2. The van der Waals surface area contributed by atoms with Crippen molar-refractivity contribution in [3.63, 3.8) is 0 Å². The summed E-state index contributed by atoms with van der Waals surface area (Å²) in [5, 5.41) is 1.64. The van der Waals surface area contributed by atoms with Crippen LogP contribution < -0.4 is 0 Å². The van der Waals surface area contributed by atoms with E-state index in [2.05, 4.69) is 20.3 Å². The normalized spacial score (nSPS) is 10.3. The molecule has 15 heavy (non-hydrogen) atoms. The number of hydrogen-bond donors (Lipinski definition) is 0. The zero-order chi connectivity index (χ0) is 10.8. The number of carbonyl (C=O) groups excluding carboxylic acids is 1. The zero-order valence-corrected chi connectivity index (χ0v) is 9.81. The summed E-state index contributed by atoms with van der Waals surface area (Å²) < 4.78 is 17.2. The number of halogens is 2. The minimum Gasteiger partial charge on any atom is -0.288 e. The van der Waals surface area contributed by atoms with E-state index in [4.69, 9.17) is 0 Å². The van der Waals surface area contributed by atoms with Gasteiger partial charge in [-0.2, -0.15) is 0 Å². The molecule has 0 aliphatic rings. The SMILES string of the molecule is O=C(c1cnsc1)c1cccc(F)c1Br. The Morgan fingerprint density at radius 2 is 2.27 bits per heavy atom. The van der Waals surface area contributed by atoms with Gasteiger partial charge in [0, 0.05) is 10.9 Å². The third-order valence-corrected chi connectivity index (χ3v) is 3.28. The monoisotopic (exact) mass is 285 g/mol. The fourth-order valence-electron chi connectivity index (χ4n) is 1.15. The van der Waals surface area contributed by atoms with Crippen molar-refractivity contribution < 1.29 is 9.18 Å². The number of carbonyl (C=O) groups is 1. The van der Waals surface area contributed by atoms with Crippen LogP contribution in [0.1, 0.15) is 15.9 Å². The minimum absolute atomic E-state index is 0.196. The molecule has 0 spiro atoms. The van der Waals surface area contributed by atoms with Gasteiger partial charge < -0.3 is 0 Å². The molecule has 2 nitrogen and oxygen atoms in total. The zero-order valence-electron chi connectivity index (χ0n) is 7.41. The van der Waals surface area contributed by atoms with Gasteiger partial charge in [0.1, 0.15) is 5.82 Å². The van der Waals surface area contributed by atoms with Crippen LogP contribution in [0, 0.1) is 5.82 Å². The summed E-state index contributed by atoms with van der Waals surface area (Å²) in [5.74, 6) is -0.667. The molecule has 0 saturated heterocycles. The molecule has 0 N–H and O–H groups in total. The summed E-state index contributed by atoms with van der Waals surface area (Å²) in [6.45, 7) is 0. The van der Waals surface area contributed by atoms with E-state index in [9.17, 15) is 9.18 Å². The Balaban J connectivity index is 2.47. The summed E-state index contributed by atoms with van der Waals surface area (Å²) in [4.78, 5) is 11.9. The molecule has 1 aromatic carbocycles. The van der Waals surface area contributed by atoms with E-state index in [1.54, 1.807) is 11.4 Å². The third kappa shape index (κ3) is 1.98. The van der Waals surface area contributed by atoms with Gasteiger partial charge in [0.25, 0.3) is 0 Å². The number of nitrogens with zero attached hydrogens (tertiary/aromatic N) is 1. The Labute approximate surface area is 98.0 Å². The number of benzene rings is 1. The molecule has 0 bridgehead atoms. The molecule has 1 heterocycles. The van der Waals surface area contributed by atoms with E-state index < -0.39 is 5.82 Å². The van der Waals surface area contributed by atoms with Gasteiger partial charge in [0.05, 0.1) is 16.2 Å². The molecular formula is C10H5BrFNOS. The lowest BCUT2D eigenvalue weighted by atomic mass is 10.1. The molecule has 1 aromatic heterocycles. The summed E-state index contributed by atoms with van der Waals surface area (Å²) >= 11 is 4.25. The standard InChI is InChI=1S/C10H5BrFNOS/c11-9-7(2-1-3-8(9)12)10(14)6-4-13-15-5-6/h1-5H. The Morgan fingerprint density at radius 1 is 1.47 bits per heavy atom. The van der Waals surface area contributed by atoms with Crippen LogP contribution in [0.5, 0.6) is 0 Å². The highest BCUT2D eigenvalue weighted by Gasteiger charge is 2.15. The van der Waals surface area contributed by atoms with Gasteiger partial charge in [-0.1, -0.05) is 6.07 Å². The Morgan fingerprint density at radius 3 is 2.93 bits per heavy atom. The topological polar surface area (TPSA) is 30.0 Å². The largest absolute Gasteiger partial charge is 0.288 e. The smallest absolute Gasteiger partial charge is 0.196 e. The number of aromatic nitrogens is 1. The van der Waals surface area contributed by atoms with E-state index in [0.717, 1.165) is 0 Å². The Hall–Kier alpha value is -1.07. The van der Waals surface area contributed by atoms with Gasteiger partial charge in [-0.3, -0.25) is 4.79 Å². The highest BCUT2D eigenvalue weighted by atomic mass is 79.9. The Kier molecular flexibility index (Phi) is 2.93. The molecular weight excluding hydrogens is 281 g/mol. The van der Waals surface area contributed by atoms with Gasteiger partial charge in [0.15, 0.2) is 5.78 Å². The van der Waals surface area contributed by atoms with Crippen molar-refractivity contribution in [2.45, 2.75) is 0 Å². The molecule has 2 aromatic rings. The van der Waals surface area contributed by atoms with Gasteiger partial charge in [-0.25, -0.2) is 8.76 Å². The molecule has 0 unspecified atom stereocenters. The summed E-state index contributed by atoms with van der Waals surface area (Å²) in [6.07, 6.45) is 1.48. The van der Waals surface area contributed by atoms with Crippen LogP contribution in [0.2, 0.25) is 0 Å². The van der Waals surface area contributed by atoms with Crippen molar-refractivity contribution in [2.24, 2.45) is 0 Å². The average molecular weight is 286 g/mol. The molecule has 0 aliphatic carbocycles.